The molecule has 0 saturated carbocycles. The minimum Gasteiger partial charge on any atom is -0.481 e. The molecule has 0 aromatic heterocycles. The fraction of sp³-hybridized carbons (Fsp3) is 0.818. The number of aliphatic carboxylic acids is 1. The van der Waals surface area contributed by atoms with Gasteiger partial charge in [-0.2, -0.15) is 0 Å². The summed E-state index contributed by atoms with van der Waals surface area (Å²) in [5.74, 6) is -1.03. The smallest absolute Gasteiger partial charge is 0.303 e. The van der Waals surface area contributed by atoms with Gasteiger partial charge in [0.05, 0.1) is 6.04 Å². The zero-order valence-corrected chi connectivity index (χ0v) is 9.90. The van der Waals surface area contributed by atoms with Crippen LogP contribution in [0.5, 0.6) is 0 Å². The second-order valence-electron chi connectivity index (χ2n) is 5.21. The average Bonchev–Trinajstić information content (AvgIpc) is 2.54. The van der Waals surface area contributed by atoms with Gasteiger partial charge in [-0.05, 0) is 18.3 Å². The standard InChI is InChI=1S/C11H20N2O3/c1-11(2)5-6-13(7-11)10(16)8(12)3-4-9(14)15/h8H,3-7,12H2,1-2H3,(H,14,15). The Morgan fingerprint density at radius 3 is 2.56 bits per heavy atom. The number of hydrogen-bond donors (Lipinski definition) is 2. The zero-order chi connectivity index (χ0) is 12.3. The van der Waals surface area contributed by atoms with Gasteiger partial charge in [-0.3, -0.25) is 9.59 Å². The Morgan fingerprint density at radius 2 is 2.12 bits per heavy atom. The summed E-state index contributed by atoms with van der Waals surface area (Å²) < 4.78 is 0. The van der Waals surface area contributed by atoms with Crippen molar-refractivity contribution in [1.82, 2.24) is 4.90 Å². The van der Waals surface area contributed by atoms with E-state index in [2.05, 4.69) is 13.8 Å². The van der Waals surface area contributed by atoms with Crippen LogP contribution in [0.1, 0.15) is 33.1 Å². The SMILES string of the molecule is CC1(C)CCN(C(=O)C(N)CCC(=O)O)C1. The van der Waals surface area contributed by atoms with Crippen molar-refractivity contribution >= 4 is 11.9 Å². The Bertz CT molecular complexity index is 289. The molecule has 92 valence electrons. The number of likely N-dealkylation sites (tertiary alicyclic amines) is 1. The first kappa shape index (κ1) is 13.0. The van der Waals surface area contributed by atoms with Crippen molar-refractivity contribution in [1.29, 1.82) is 0 Å². The van der Waals surface area contributed by atoms with Crippen molar-refractivity contribution in [2.45, 2.75) is 39.2 Å². The summed E-state index contributed by atoms with van der Waals surface area (Å²) in [4.78, 5) is 24.0. The van der Waals surface area contributed by atoms with E-state index in [1.165, 1.54) is 0 Å². The third-order valence-corrected chi connectivity index (χ3v) is 2.98. The fourth-order valence-corrected chi connectivity index (χ4v) is 1.94. The van der Waals surface area contributed by atoms with Crippen molar-refractivity contribution in [3.8, 4) is 0 Å². The van der Waals surface area contributed by atoms with Crippen LogP contribution in [0.3, 0.4) is 0 Å². The molecule has 5 nitrogen and oxygen atoms in total. The van der Waals surface area contributed by atoms with E-state index in [0.717, 1.165) is 13.0 Å². The van der Waals surface area contributed by atoms with Crippen molar-refractivity contribution in [3.05, 3.63) is 0 Å². The quantitative estimate of drug-likeness (QED) is 0.731. The maximum absolute atomic E-state index is 11.9. The van der Waals surface area contributed by atoms with Gasteiger partial charge in [0, 0.05) is 19.5 Å². The Labute approximate surface area is 95.6 Å². The molecule has 1 unspecified atom stereocenters. The van der Waals surface area contributed by atoms with Crippen LogP contribution in [0.2, 0.25) is 0 Å². The molecular formula is C11H20N2O3. The maximum Gasteiger partial charge on any atom is 0.303 e. The number of nitrogens with two attached hydrogens (primary N) is 1. The lowest BCUT2D eigenvalue weighted by Crippen LogP contribution is -2.43. The van der Waals surface area contributed by atoms with Crippen LogP contribution in [0, 0.1) is 5.41 Å². The second-order valence-corrected chi connectivity index (χ2v) is 5.21. The summed E-state index contributed by atoms with van der Waals surface area (Å²) in [5, 5.41) is 8.51. The molecule has 3 N–H and O–H groups in total. The number of carbonyl (C=O) groups is 2. The summed E-state index contributed by atoms with van der Waals surface area (Å²) in [6.07, 6.45) is 1.14. The lowest BCUT2D eigenvalue weighted by Gasteiger charge is -2.22. The average molecular weight is 228 g/mol. The molecule has 16 heavy (non-hydrogen) atoms. The molecule has 0 aromatic carbocycles. The Morgan fingerprint density at radius 1 is 1.50 bits per heavy atom. The van der Waals surface area contributed by atoms with Gasteiger partial charge in [0.15, 0.2) is 0 Å². The van der Waals surface area contributed by atoms with Crippen LogP contribution in [-0.2, 0) is 9.59 Å². The summed E-state index contributed by atoms with van der Waals surface area (Å²) >= 11 is 0. The van der Waals surface area contributed by atoms with E-state index in [1.54, 1.807) is 4.90 Å². The molecule has 1 amide bonds. The molecule has 0 aromatic rings. The number of carboxylic acid groups (broad SMARTS) is 1. The minimum atomic E-state index is -0.912. The lowest BCUT2D eigenvalue weighted by atomic mass is 9.93. The van der Waals surface area contributed by atoms with E-state index in [1.807, 2.05) is 0 Å². The molecular weight excluding hydrogens is 208 g/mol. The predicted molar refractivity (Wildman–Crippen MR) is 59.8 cm³/mol. The number of carboxylic acids is 1. The van der Waals surface area contributed by atoms with Crippen LogP contribution in [0.4, 0.5) is 0 Å². The molecule has 1 heterocycles. The molecule has 0 spiro atoms. The fourth-order valence-electron chi connectivity index (χ4n) is 1.94. The predicted octanol–water partition coefficient (Wildman–Crippen LogP) is 0.437. The third-order valence-electron chi connectivity index (χ3n) is 2.98. The topological polar surface area (TPSA) is 83.6 Å². The van der Waals surface area contributed by atoms with Crippen molar-refractivity contribution < 1.29 is 14.7 Å². The van der Waals surface area contributed by atoms with Crippen molar-refractivity contribution in [2.75, 3.05) is 13.1 Å². The largest absolute Gasteiger partial charge is 0.481 e. The highest BCUT2D eigenvalue weighted by molar-refractivity contribution is 5.82. The van der Waals surface area contributed by atoms with Crippen LogP contribution in [0.25, 0.3) is 0 Å². The van der Waals surface area contributed by atoms with Crippen LogP contribution in [-0.4, -0.2) is 41.0 Å². The molecule has 1 rings (SSSR count). The normalized spacial score (nSPS) is 20.8. The summed E-state index contributed by atoms with van der Waals surface area (Å²) in [6.45, 7) is 5.67. The summed E-state index contributed by atoms with van der Waals surface area (Å²) in [7, 11) is 0. The van der Waals surface area contributed by atoms with E-state index >= 15 is 0 Å². The van der Waals surface area contributed by atoms with Gasteiger partial charge >= 0.3 is 5.97 Å². The van der Waals surface area contributed by atoms with Crippen molar-refractivity contribution in [2.24, 2.45) is 11.1 Å². The van der Waals surface area contributed by atoms with E-state index in [0.29, 0.717) is 6.54 Å². The summed E-state index contributed by atoms with van der Waals surface area (Å²) in [6, 6.07) is -0.676. The molecule has 0 aliphatic carbocycles. The van der Waals surface area contributed by atoms with Gasteiger partial charge < -0.3 is 15.7 Å². The molecule has 1 aliphatic heterocycles. The number of carbonyl (C=O) groups excluding carboxylic acids is 1. The highest BCUT2D eigenvalue weighted by Gasteiger charge is 2.33. The molecule has 5 heteroatoms. The van der Waals surface area contributed by atoms with Crippen LogP contribution in [0.15, 0.2) is 0 Å². The number of nitrogens with zero attached hydrogens (tertiary/aromatic N) is 1. The lowest BCUT2D eigenvalue weighted by molar-refractivity contribution is -0.137. The van der Waals surface area contributed by atoms with Gasteiger partial charge in [0.25, 0.3) is 0 Å². The van der Waals surface area contributed by atoms with Gasteiger partial charge in [0.2, 0.25) is 5.91 Å². The van der Waals surface area contributed by atoms with Gasteiger partial charge in [-0.25, -0.2) is 0 Å². The monoisotopic (exact) mass is 228 g/mol. The van der Waals surface area contributed by atoms with Gasteiger partial charge in [-0.15, -0.1) is 0 Å². The zero-order valence-electron chi connectivity index (χ0n) is 9.90. The third kappa shape index (κ3) is 3.48. The Hall–Kier alpha value is -1.10. The molecule has 0 radical (unpaired) electrons. The highest BCUT2D eigenvalue weighted by atomic mass is 16.4. The molecule has 1 atom stereocenters. The molecule has 0 bridgehead atoms. The van der Waals surface area contributed by atoms with Gasteiger partial charge in [-0.1, -0.05) is 13.8 Å². The molecule has 1 aliphatic rings. The number of rotatable bonds is 4. The first-order valence-electron chi connectivity index (χ1n) is 5.58. The van der Waals surface area contributed by atoms with Crippen LogP contribution >= 0.6 is 0 Å². The highest BCUT2D eigenvalue weighted by Crippen LogP contribution is 2.29. The first-order chi connectivity index (χ1) is 7.32. The van der Waals surface area contributed by atoms with E-state index < -0.39 is 12.0 Å². The summed E-state index contributed by atoms with van der Waals surface area (Å²) in [5.41, 5.74) is 5.83. The maximum atomic E-state index is 11.9. The Kier molecular flexibility index (Phi) is 3.91. The van der Waals surface area contributed by atoms with Gasteiger partial charge in [0.1, 0.15) is 0 Å². The van der Waals surface area contributed by atoms with E-state index in [9.17, 15) is 9.59 Å². The first-order valence-corrected chi connectivity index (χ1v) is 5.58. The second kappa shape index (κ2) is 4.82. The van der Waals surface area contributed by atoms with Crippen molar-refractivity contribution in [3.63, 3.8) is 0 Å². The van der Waals surface area contributed by atoms with E-state index in [4.69, 9.17) is 10.8 Å². The minimum absolute atomic E-state index is 0.0514. The van der Waals surface area contributed by atoms with Crippen LogP contribution < -0.4 is 5.73 Å². The number of hydrogen-bond acceptors (Lipinski definition) is 3. The Balaban J connectivity index is 2.43. The molecule has 1 saturated heterocycles. The van der Waals surface area contributed by atoms with E-state index in [-0.39, 0.29) is 24.2 Å². The number of amides is 1. The molecule has 1 fully saturated rings.